The van der Waals surface area contributed by atoms with E-state index < -0.39 is 0 Å². The van der Waals surface area contributed by atoms with E-state index in [0.29, 0.717) is 31.0 Å². The standard InChI is InChI=1S/C13H16N4O/c1-2-5-16-6-8-17(9-7-16)13(18)12-4-3-11(14)10-15-12/h1,3-4,10H,5-9,14H2. The van der Waals surface area contributed by atoms with Crippen molar-refractivity contribution >= 4 is 11.6 Å². The van der Waals surface area contributed by atoms with Gasteiger partial charge in [-0.15, -0.1) is 6.42 Å². The lowest BCUT2D eigenvalue weighted by atomic mass is 10.2. The average Bonchev–Trinajstić information content (AvgIpc) is 2.40. The number of hydrogen-bond donors (Lipinski definition) is 1. The van der Waals surface area contributed by atoms with Gasteiger partial charge in [0.2, 0.25) is 0 Å². The zero-order chi connectivity index (χ0) is 13.0. The van der Waals surface area contributed by atoms with Gasteiger partial charge in [-0.2, -0.15) is 0 Å². The molecule has 0 unspecified atom stereocenters. The molecule has 5 heteroatoms. The number of nitrogen functional groups attached to an aromatic ring is 1. The number of pyridine rings is 1. The van der Waals surface area contributed by atoms with Gasteiger partial charge < -0.3 is 10.6 Å². The molecule has 94 valence electrons. The minimum Gasteiger partial charge on any atom is -0.397 e. The summed E-state index contributed by atoms with van der Waals surface area (Å²) in [6, 6.07) is 3.35. The lowest BCUT2D eigenvalue weighted by molar-refractivity contribution is 0.0646. The van der Waals surface area contributed by atoms with Gasteiger partial charge in [0.05, 0.1) is 18.4 Å². The molecule has 0 aromatic carbocycles. The summed E-state index contributed by atoms with van der Waals surface area (Å²) >= 11 is 0. The number of carbonyl (C=O) groups excluding carboxylic acids is 1. The maximum absolute atomic E-state index is 12.1. The lowest BCUT2D eigenvalue weighted by Gasteiger charge is -2.33. The van der Waals surface area contributed by atoms with Gasteiger partial charge in [-0.3, -0.25) is 9.69 Å². The molecule has 2 heterocycles. The molecule has 1 aromatic rings. The number of rotatable bonds is 2. The van der Waals surface area contributed by atoms with Crippen molar-refractivity contribution in [2.75, 3.05) is 38.5 Å². The molecular formula is C13H16N4O. The third-order valence-electron chi connectivity index (χ3n) is 2.98. The van der Waals surface area contributed by atoms with E-state index in [9.17, 15) is 4.79 Å². The summed E-state index contributed by atoms with van der Waals surface area (Å²) in [6.45, 7) is 3.64. The second-order valence-corrected chi connectivity index (χ2v) is 4.25. The predicted octanol–water partition coefficient (Wildman–Crippen LogP) is 0.0548. The Labute approximate surface area is 107 Å². The Morgan fingerprint density at radius 2 is 2.11 bits per heavy atom. The Bertz CT molecular complexity index is 455. The van der Waals surface area contributed by atoms with Gasteiger partial charge in [0.25, 0.3) is 5.91 Å². The molecule has 0 atom stereocenters. The molecule has 0 bridgehead atoms. The number of aromatic nitrogens is 1. The second-order valence-electron chi connectivity index (χ2n) is 4.25. The van der Waals surface area contributed by atoms with Crippen molar-refractivity contribution in [1.29, 1.82) is 0 Å². The van der Waals surface area contributed by atoms with Crippen LogP contribution in [-0.2, 0) is 0 Å². The van der Waals surface area contributed by atoms with Crippen LogP contribution in [0.3, 0.4) is 0 Å². The summed E-state index contributed by atoms with van der Waals surface area (Å²) in [5, 5.41) is 0. The molecular weight excluding hydrogens is 228 g/mol. The highest BCUT2D eigenvalue weighted by atomic mass is 16.2. The van der Waals surface area contributed by atoms with E-state index in [4.69, 9.17) is 12.2 Å². The molecule has 1 saturated heterocycles. The Hall–Kier alpha value is -2.06. The quantitative estimate of drug-likeness (QED) is 0.747. The average molecular weight is 244 g/mol. The van der Waals surface area contributed by atoms with E-state index in [1.54, 1.807) is 17.0 Å². The van der Waals surface area contributed by atoms with Gasteiger partial charge >= 0.3 is 0 Å². The van der Waals surface area contributed by atoms with Crippen LogP contribution in [0.25, 0.3) is 0 Å². The zero-order valence-electron chi connectivity index (χ0n) is 10.2. The van der Waals surface area contributed by atoms with Crippen LogP contribution >= 0.6 is 0 Å². The fourth-order valence-electron chi connectivity index (χ4n) is 1.93. The molecule has 1 aliphatic heterocycles. The van der Waals surface area contributed by atoms with E-state index in [1.807, 2.05) is 0 Å². The minimum atomic E-state index is -0.0460. The molecule has 18 heavy (non-hydrogen) atoms. The number of terminal acetylenes is 1. The van der Waals surface area contributed by atoms with Crippen LogP contribution in [0.2, 0.25) is 0 Å². The smallest absolute Gasteiger partial charge is 0.272 e. The van der Waals surface area contributed by atoms with Gasteiger partial charge in [0, 0.05) is 26.2 Å². The maximum atomic E-state index is 12.1. The summed E-state index contributed by atoms with van der Waals surface area (Å²) in [6.07, 6.45) is 6.77. The lowest BCUT2D eigenvalue weighted by Crippen LogP contribution is -2.48. The summed E-state index contributed by atoms with van der Waals surface area (Å²) in [7, 11) is 0. The highest BCUT2D eigenvalue weighted by Gasteiger charge is 2.22. The minimum absolute atomic E-state index is 0.0460. The number of piperazine rings is 1. The monoisotopic (exact) mass is 244 g/mol. The van der Waals surface area contributed by atoms with Crippen molar-refractivity contribution in [3.63, 3.8) is 0 Å². The fraction of sp³-hybridized carbons (Fsp3) is 0.385. The van der Waals surface area contributed by atoms with Gasteiger partial charge in [0.15, 0.2) is 0 Å². The summed E-state index contributed by atoms with van der Waals surface area (Å²) in [5.41, 5.74) is 6.54. The first-order valence-electron chi connectivity index (χ1n) is 5.87. The topological polar surface area (TPSA) is 62.5 Å². The Morgan fingerprint density at radius 1 is 1.39 bits per heavy atom. The van der Waals surface area contributed by atoms with E-state index in [-0.39, 0.29) is 5.91 Å². The molecule has 5 nitrogen and oxygen atoms in total. The van der Waals surface area contributed by atoms with Gasteiger partial charge in [0.1, 0.15) is 5.69 Å². The normalized spacial score (nSPS) is 16.3. The second kappa shape index (κ2) is 5.52. The number of nitrogens with two attached hydrogens (primary N) is 1. The molecule has 0 spiro atoms. The van der Waals surface area contributed by atoms with Crippen molar-refractivity contribution in [2.45, 2.75) is 0 Å². The summed E-state index contributed by atoms with van der Waals surface area (Å²) in [4.78, 5) is 20.1. The van der Waals surface area contributed by atoms with E-state index in [1.165, 1.54) is 6.20 Å². The molecule has 1 aromatic heterocycles. The van der Waals surface area contributed by atoms with Gasteiger partial charge in [-0.1, -0.05) is 5.92 Å². The number of hydrogen-bond acceptors (Lipinski definition) is 4. The van der Waals surface area contributed by atoms with Crippen molar-refractivity contribution in [3.05, 3.63) is 24.0 Å². The van der Waals surface area contributed by atoms with Crippen LogP contribution in [0.4, 0.5) is 5.69 Å². The number of carbonyl (C=O) groups is 1. The van der Waals surface area contributed by atoms with Gasteiger partial charge in [-0.25, -0.2) is 4.98 Å². The molecule has 0 aliphatic carbocycles. The van der Waals surface area contributed by atoms with Crippen LogP contribution in [0.5, 0.6) is 0 Å². The molecule has 1 amide bonds. The largest absolute Gasteiger partial charge is 0.397 e. The van der Waals surface area contributed by atoms with Gasteiger partial charge in [-0.05, 0) is 12.1 Å². The highest BCUT2D eigenvalue weighted by molar-refractivity contribution is 5.92. The van der Waals surface area contributed by atoms with Crippen LogP contribution < -0.4 is 5.73 Å². The number of nitrogens with zero attached hydrogens (tertiary/aromatic N) is 3. The maximum Gasteiger partial charge on any atom is 0.272 e. The van der Waals surface area contributed by atoms with Crippen LogP contribution in [0.15, 0.2) is 18.3 Å². The van der Waals surface area contributed by atoms with Crippen molar-refractivity contribution in [2.24, 2.45) is 0 Å². The predicted molar refractivity (Wildman–Crippen MR) is 69.8 cm³/mol. The molecule has 1 aliphatic rings. The first-order chi connectivity index (χ1) is 8.70. The van der Waals surface area contributed by atoms with Crippen LogP contribution in [-0.4, -0.2) is 53.4 Å². The SMILES string of the molecule is C#CCN1CCN(C(=O)c2ccc(N)cn2)CC1. The molecule has 1 fully saturated rings. The molecule has 0 saturated carbocycles. The summed E-state index contributed by atoms with van der Waals surface area (Å²) in [5.74, 6) is 2.57. The molecule has 0 radical (unpaired) electrons. The van der Waals surface area contributed by atoms with E-state index in [0.717, 1.165) is 13.1 Å². The van der Waals surface area contributed by atoms with Crippen LogP contribution in [0.1, 0.15) is 10.5 Å². The van der Waals surface area contributed by atoms with Crippen LogP contribution in [0, 0.1) is 12.3 Å². The van der Waals surface area contributed by atoms with Crippen molar-refractivity contribution < 1.29 is 4.79 Å². The van der Waals surface area contributed by atoms with Crippen molar-refractivity contribution in [3.8, 4) is 12.3 Å². The van der Waals surface area contributed by atoms with E-state index in [2.05, 4.69) is 15.8 Å². The summed E-state index contributed by atoms with van der Waals surface area (Å²) < 4.78 is 0. The third kappa shape index (κ3) is 2.79. The highest BCUT2D eigenvalue weighted by Crippen LogP contribution is 2.08. The Kier molecular flexibility index (Phi) is 3.80. The number of amides is 1. The number of anilines is 1. The Morgan fingerprint density at radius 3 is 2.67 bits per heavy atom. The molecule has 2 rings (SSSR count). The van der Waals surface area contributed by atoms with Crippen molar-refractivity contribution in [1.82, 2.24) is 14.8 Å². The third-order valence-corrected chi connectivity index (χ3v) is 2.98. The first-order valence-corrected chi connectivity index (χ1v) is 5.87. The zero-order valence-corrected chi connectivity index (χ0v) is 10.2. The molecule has 2 N–H and O–H groups in total. The van der Waals surface area contributed by atoms with E-state index >= 15 is 0 Å². The first kappa shape index (κ1) is 12.4. The fourth-order valence-corrected chi connectivity index (χ4v) is 1.93. The Balaban J connectivity index is 1.95.